The molecule has 0 fully saturated rings. The summed E-state index contributed by atoms with van der Waals surface area (Å²) in [7, 11) is 0. The molecule has 26 heavy (non-hydrogen) atoms. The van der Waals surface area contributed by atoms with Gasteiger partial charge in [0.25, 0.3) is 0 Å². The Balaban J connectivity index is 1.82. The van der Waals surface area contributed by atoms with Gasteiger partial charge in [0.15, 0.2) is 0 Å². The summed E-state index contributed by atoms with van der Waals surface area (Å²) in [6.45, 7) is 2.11. The SMILES string of the molecule is Cc1ccc(-c2nc3sc4c(c3nc2-c2ccccc2)C=CCC4)cc1. The maximum absolute atomic E-state index is 5.11. The third-order valence-electron chi connectivity index (χ3n) is 4.83. The first-order valence-electron chi connectivity index (χ1n) is 8.92. The van der Waals surface area contributed by atoms with Crippen molar-refractivity contribution in [1.29, 1.82) is 0 Å². The zero-order chi connectivity index (χ0) is 17.5. The smallest absolute Gasteiger partial charge is 0.143 e. The molecule has 0 atom stereocenters. The zero-order valence-corrected chi connectivity index (χ0v) is 15.4. The Hall–Kier alpha value is -2.78. The molecule has 0 saturated carbocycles. The van der Waals surface area contributed by atoms with Gasteiger partial charge in [0, 0.05) is 21.6 Å². The second-order valence-electron chi connectivity index (χ2n) is 6.69. The largest absolute Gasteiger partial charge is 0.242 e. The van der Waals surface area contributed by atoms with E-state index in [1.165, 1.54) is 16.0 Å². The molecule has 2 nitrogen and oxygen atoms in total. The Labute approximate surface area is 156 Å². The molecule has 3 heteroatoms. The number of thiophene rings is 1. The molecule has 0 aliphatic heterocycles. The van der Waals surface area contributed by atoms with E-state index in [1.807, 2.05) is 6.07 Å². The van der Waals surface area contributed by atoms with Crippen LogP contribution >= 0.6 is 11.3 Å². The molecule has 2 heterocycles. The minimum absolute atomic E-state index is 0.960. The van der Waals surface area contributed by atoms with Crippen LogP contribution in [0.4, 0.5) is 0 Å². The van der Waals surface area contributed by atoms with Crippen molar-refractivity contribution in [3.63, 3.8) is 0 Å². The minimum Gasteiger partial charge on any atom is -0.242 e. The van der Waals surface area contributed by atoms with Crippen LogP contribution in [0, 0.1) is 6.92 Å². The number of fused-ring (bicyclic) bond motifs is 3. The molecule has 0 spiro atoms. The number of hydrogen-bond donors (Lipinski definition) is 0. The summed E-state index contributed by atoms with van der Waals surface area (Å²) in [5.41, 5.74) is 7.70. The van der Waals surface area contributed by atoms with Gasteiger partial charge < -0.3 is 0 Å². The highest BCUT2D eigenvalue weighted by atomic mass is 32.1. The van der Waals surface area contributed by atoms with Crippen LogP contribution in [0.5, 0.6) is 0 Å². The molecule has 2 aromatic carbocycles. The number of benzene rings is 2. The van der Waals surface area contributed by atoms with Crippen molar-refractivity contribution in [1.82, 2.24) is 9.97 Å². The highest BCUT2D eigenvalue weighted by molar-refractivity contribution is 7.18. The average Bonchev–Trinajstić information content (AvgIpc) is 3.06. The quantitative estimate of drug-likeness (QED) is 0.422. The van der Waals surface area contributed by atoms with Gasteiger partial charge >= 0.3 is 0 Å². The Bertz CT molecular complexity index is 1120. The van der Waals surface area contributed by atoms with E-state index in [4.69, 9.17) is 9.97 Å². The lowest BCUT2D eigenvalue weighted by atomic mass is 10.0. The molecule has 4 aromatic rings. The minimum atomic E-state index is 0.960. The Morgan fingerprint density at radius 3 is 2.38 bits per heavy atom. The van der Waals surface area contributed by atoms with E-state index < -0.39 is 0 Å². The normalized spacial score (nSPS) is 13.1. The van der Waals surface area contributed by atoms with E-state index in [1.54, 1.807) is 11.3 Å². The van der Waals surface area contributed by atoms with Crippen molar-refractivity contribution < 1.29 is 0 Å². The first kappa shape index (κ1) is 15.5. The fraction of sp³-hybridized carbons (Fsp3) is 0.130. The third kappa shape index (κ3) is 2.56. The van der Waals surface area contributed by atoms with Crippen LogP contribution in [0.1, 0.15) is 22.4 Å². The first-order chi connectivity index (χ1) is 12.8. The summed E-state index contributed by atoms with van der Waals surface area (Å²) >= 11 is 1.79. The molecule has 0 bridgehead atoms. The van der Waals surface area contributed by atoms with Crippen molar-refractivity contribution >= 4 is 27.8 Å². The van der Waals surface area contributed by atoms with Crippen LogP contribution in [0.25, 0.3) is 38.9 Å². The van der Waals surface area contributed by atoms with Gasteiger partial charge in [-0.1, -0.05) is 72.3 Å². The average molecular weight is 354 g/mol. The second-order valence-corrected chi connectivity index (χ2v) is 7.77. The topological polar surface area (TPSA) is 25.8 Å². The maximum Gasteiger partial charge on any atom is 0.143 e. The first-order valence-corrected chi connectivity index (χ1v) is 9.74. The van der Waals surface area contributed by atoms with Crippen LogP contribution in [-0.2, 0) is 6.42 Å². The van der Waals surface area contributed by atoms with E-state index in [0.717, 1.165) is 45.7 Å². The standard InChI is InChI=1S/C23H18N2S/c1-15-11-13-17(14-12-15)21-20(16-7-3-2-4-8-16)24-22-18-9-5-6-10-19(18)26-23(22)25-21/h2-5,7-9,11-14H,6,10H2,1H3. The van der Waals surface area contributed by atoms with E-state index >= 15 is 0 Å². The van der Waals surface area contributed by atoms with Crippen LogP contribution in [0.2, 0.25) is 0 Å². The predicted molar refractivity (Wildman–Crippen MR) is 110 cm³/mol. The summed E-state index contributed by atoms with van der Waals surface area (Å²) in [4.78, 5) is 12.6. The van der Waals surface area contributed by atoms with Crippen LogP contribution in [0.3, 0.4) is 0 Å². The maximum atomic E-state index is 5.11. The van der Waals surface area contributed by atoms with Crippen LogP contribution in [-0.4, -0.2) is 9.97 Å². The third-order valence-corrected chi connectivity index (χ3v) is 5.98. The predicted octanol–water partition coefficient (Wildman–Crippen LogP) is 6.29. The molecule has 0 unspecified atom stereocenters. The molecular weight excluding hydrogens is 336 g/mol. The molecule has 1 aliphatic rings. The Kier molecular flexibility index (Phi) is 3.68. The number of nitrogens with zero attached hydrogens (tertiary/aromatic N) is 2. The summed E-state index contributed by atoms with van der Waals surface area (Å²) in [6, 6.07) is 18.9. The van der Waals surface area contributed by atoms with Crippen LogP contribution in [0.15, 0.2) is 60.7 Å². The summed E-state index contributed by atoms with van der Waals surface area (Å²) in [6.07, 6.45) is 6.66. The van der Waals surface area contributed by atoms with Gasteiger partial charge in [-0.25, -0.2) is 9.97 Å². The molecule has 1 aliphatic carbocycles. The van der Waals surface area contributed by atoms with Crippen molar-refractivity contribution in [2.45, 2.75) is 19.8 Å². The molecule has 0 amide bonds. The van der Waals surface area contributed by atoms with Gasteiger partial charge in [-0.15, -0.1) is 11.3 Å². The van der Waals surface area contributed by atoms with Gasteiger partial charge in [0.05, 0.1) is 11.4 Å². The van der Waals surface area contributed by atoms with Crippen molar-refractivity contribution in [2.75, 3.05) is 0 Å². The molecule has 5 rings (SSSR count). The Morgan fingerprint density at radius 1 is 0.846 bits per heavy atom. The van der Waals surface area contributed by atoms with Crippen molar-refractivity contribution in [3.05, 3.63) is 76.7 Å². The second kappa shape index (κ2) is 6.19. The summed E-state index contributed by atoms with van der Waals surface area (Å²) in [5, 5.41) is 0. The van der Waals surface area contributed by atoms with E-state index in [2.05, 4.69) is 67.6 Å². The number of hydrogen-bond acceptors (Lipinski definition) is 3. The molecular formula is C23H18N2S. The highest BCUT2D eigenvalue weighted by Gasteiger charge is 2.19. The van der Waals surface area contributed by atoms with E-state index in [9.17, 15) is 0 Å². The van der Waals surface area contributed by atoms with Gasteiger partial charge in [-0.2, -0.15) is 0 Å². The molecule has 126 valence electrons. The molecule has 0 saturated heterocycles. The summed E-state index contributed by atoms with van der Waals surface area (Å²) < 4.78 is 0. The van der Waals surface area contributed by atoms with Gasteiger partial charge in [0.1, 0.15) is 10.3 Å². The van der Waals surface area contributed by atoms with Gasteiger partial charge in [-0.05, 0) is 19.8 Å². The van der Waals surface area contributed by atoms with Crippen molar-refractivity contribution in [2.24, 2.45) is 0 Å². The highest BCUT2D eigenvalue weighted by Crippen LogP contribution is 2.38. The lowest BCUT2D eigenvalue weighted by Crippen LogP contribution is -1.95. The number of rotatable bonds is 2. The summed E-state index contributed by atoms with van der Waals surface area (Å²) in [5.74, 6) is 0. The number of aromatic nitrogens is 2. The van der Waals surface area contributed by atoms with Crippen LogP contribution < -0.4 is 0 Å². The van der Waals surface area contributed by atoms with E-state index in [0.29, 0.717) is 0 Å². The van der Waals surface area contributed by atoms with E-state index in [-0.39, 0.29) is 0 Å². The fourth-order valence-electron chi connectivity index (χ4n) is 3.45. The molecule has 0 radical (unpaired) electrons. The lowest BCUT2D eigenvalue weighted by Gasteiger charge is -2.10. The number of aryl methyl sites for hydroxylation is 2. The molecule has 2 aromatic heterocycles. The van der Waals surface area contributed by atoms with Gasteiger partial charge in [-0.3, -0.25) is 0 Å². The lowest BCUT2D eigenvalue weighted by molar-refractivity contribution is 1.01. The Morgan fingerprint density at radius 2 is 1.58 bits per heavy atom. The molecule has 0 N–H and O–H groups in total. The van der Waals surface area contributed by atoms with Gasteiger partial charge in [0.2, 0.25) is 0 Å². The number of allylic oxidation sites excluding steroid dienone is 1. The monoisotopic (exact) mass is 354 g/mol. The van der Waals surface area contributed by atoms with Crippen molar-refractivity contribution in [3.8, 4) is 22.5 Å². The fourth-order valence-corrected chi connectivity index (χ4v) is 4.57. The zero-order valence-electron chi connectivity index (χ0n) is 14.6.